The van der Waals surface area contributed by atoms with Gasteiger partial charge in [-0.05, 0) is 32.9 Å². The number of hydrogen-bond donors (Lipinski definition) is 0. The fourth-order valence-corrected chi connectivity index (χ4v) is 3.57. The van der Waals surface area contributed by atoms with Crippen molar-refractivity contribution in [3.05, 3.63) is 22.6 Å². The standard InChI is InChI=1S/C17H27N5O2/c1-19-6-4-8-21(10-9-19)17(24)14-5-3-7-22(13-14)15-11-16(23)20(2)18-12-15/h11-12,14H,3-10,13H2,1-2H3. The molecule has 1 unspecified atom stereocenters. The Bertz CT molecular complexity index is 644. The highest BCUT2D eigenvalue weighted by molar-refractivity contribution is 5.79. The Morgan fingerprint density at radius 2 is 1.96 bits per heavy atom. The average molecular weight is 333 g/mol. The van der Waals surface area contributed by atoms with Gasteiger partial charge in [0.2, 0.25) is 5.91 Å². The van der Waals surface area contributed by atoms with E-state index in [0.29, 0.717) is 6.54 Å². The number of aryl methyl sites for hydroxylation is 1. The van der Waals surface area contributed by atoms with Gasteiger partial charge in [0.25, 0.3) is 5.56 Å². The van der Waals surface area contributed by atoms with Crippen LogP contribution in [0.2, 0.25) is 0 Å². The Balaban J connectivity index is 1.67. The summed E-state index contributed by atoms with van der Waals surface area (Å²) in [4.78, 5) is 31.2. The van der Waals surface area contributed by atoms with Crippen molar-refractivity contribution < 1.29 is 4.79 Å². The molecule has 1 aromatic rings. The lowest BCUT2D eigenvalue weighted by atomic mass is 9.96. The normalized spacial score (nSPS) is 23.2. The highest BCUT2D eigenvalue weighted by Gasteiger charge is 2.30. The SMILES string of the molecule is CN1CCCN(C(=O)C2CCCN(c3cnn(C)c(=O)c3)C2)CC1. The van der Waals surface area contributed by atoms with Crippen LogP contribution in [-0.4, -0.2) is 71.8 Å². The maximum Gasteiger partial charge on any atom is 0.268 e. The molecule has 1 aromatic heterocycles. The van der Waals surface area contributed by atoms with E-state index in [4.69, 9.17) is 0 Å². The molecule has 0 radical (unpaired) electrons. The number of piperidine rings is 1. The fraction of sp³-hybridized carbons (Fsp3) is 0.706. The van der Waals surface area contributed by atoms with E-state index in [2.05, 4.69) is 21.9 Å². The van der Waals surface area contributed by atoms with Crippen molar-refractivity contribution in [2.24, 2.45) is 13.0 Å². The van der Waals surface area contributed by atoms with Crippen LogP contribution in [0.15, 0.2) is 17.1 Å². The maximum atomic E-state index is 12.9. The van der Waals surface area contributed by atoms with E-state index in [1.54, 1.807) is 19.3 Å². The lowest BCUT2D eigenvalue weighted by Gasteiger charge is -2.35. The molecule has 0 N–H and O–H groups in total. The van der Waals surface area contributed by atoms with E-state index in [9.17, 15) is 9.59 Å². The van der Waals surface area contributed by atoms with E-state index in [-0.39, 0.29) is 17.4 Å². The smallest absolute Gasteiger partial charge is 0.268 e. The number of nitrogens with zero attached hydrogens (tertiary/aromatic N) is 5. The van der Waals surface area contributed by atoms with Crippen molar-refractivity contribution in [2.75, 3.05) is 51.2 Å². The van der Waals surface area contributed by atoms with Gasteiger partial charge >= 0.3 is 0 Å². The number of amides is 1. The highest BCUT2D eigenvalue weighted by atomic mass is 16.2. The lowest BCUT2D eigenvalue weighted by molar-refractivity contribution is -0.135. The highest BCUT2D eigenvalue weighted by Crippen LogP contribution is 2.23. The Hall–Kier alpha value is -1.89. The van der Waals surface area contributed by atoms with Crippen LogP contribution in [0.1, 0.15) is 19.3 Å². The minimum absolute atomic E-state index is 0.0196. The summed E-state index contributed by atoms with van der Waals surface area (Å²) in [6.07, 6.45) is 4.66. The number of hydrogen-bond acceptors (Lipinski definition) is 5. The van der Waals surface area contributed by atoms with Gasteiger partial charge in [0.05, 0.1) is 17.8 Å². The molecule has 0 spiro atoms. The summed E-state index contributed by atoms with van der Waals surface area (Å²) in [5.74, 6) is 0.290. The van der Waals surface area contributed by atoms with Gasteiger partial charge in [-0.3, -0.25) is 9.59 Å². The third-order valence-electron chi connectivity index (χ3n) is 5.12. The third-order valence-corrected chi connectivity index (χ3v) is 5.12. The van der Waals surface area contributed by atoms with Crippen molar-refractivity contribution in [2.45, 2.75) is 19.3 Å². The second kappa shape index (κ2) is 7.34. The first-order valence-corrected chi connectivity index (χ1v) is 8.80. The molecule has 24 heavy (non-hydrogen) atoms. The minimum Gasteiger partial charge on any atom is -0.369 e. The predicted octanol–water partition coefficient (Wildman–Crippen LogP) is 0.161. The molecule has 0 bridgehead atoms. The van der Waals surface area contributed by atoms with Crippen LogP contribution in [0.4, 0.5) is 5.69 Å². The van der Waals surface area contributed by atoms with Gasteiger partial charge < -0.3 is 14.7 Å². The van der Waals surface area contributed by atoms with Crippen LogP contribution in [0.5, 0.6) is 0 Å². The first kappa shape index (κ1) is 17.0. The minimum atomic E-state index is -0.114. The number of anilines is 1. The van der Waals surface area contributed by atoms with Gasteiger partial charge in [0, 0.05) is 45.8 Å². The number of likely N-dealkylation sites (N-methyl/N-ethyl adjacent to an activating group) is 1. The van der Waals surface area contributed by atoms with Crippen LogP contribution in [0.3, 0.4) is 0 Å². The summed E-state index contributed by atoms with van der Waals surface area (Å²) in [6.45, 7) is 5.23. The molecule has 0 aliphatic carbocycles. The van der Waals surface area contributed by atoms with Crippen molar-refractivity contribution in [1.82, 2.24) is 19.6 Å². The predicted molar refractivity (Wildman–Crippen MR) is 93.1 cm³/mol. The summed E-state index contributed by atoms with van der Waals surface area (Å²) in [5, 5.41) is 4.10. The molecule has 7 heteroatoms. The summed E-state index contributed by atoms with van der Waals surface area (Å²) in [5.41, 5.74) is 0.711. The molecule has 2 aliphatic heterocycles. The van der Waals surface area contributed by atoms with Gasteiger partial charge in [-0.25, -0.2) is 4.68 Å². The van der Waals surface area contributed by atoms with Crippen molar-refractivity contribution in [1.29, 1.82) is 0 Å². The van der Waals surface area contributed by atoms with Gasteiger partial charge in [0.1, 0.15) is 0 Å². The summed E-state index contributed by atoms with van der Waals surface area (Å²) >= 11 is 0. The molecule has 1 atom stereocenters. The third kappa shape index (κ3) is 3.77. The number of aromatic nitrogens is 2. The molecule has 3 heterocycles. The average Bonchev–Trinajstić information content (AvgIpc) is 2.81. The quantitative estimate of drug-likeness (QED) is 0.772. The molecule has 2 saturated heterocycles. The van der Waals surface area contributed by atoms with Crippen LogP contribution in [0.25, 0.3) is 0 Å². The zero-order valence-corrected chi connectivity index (χ0v) is 14.6. The second-order valence-electron chi connectivity index (χ2n) is 6.94. The van der Waals surface area contributed by atoms with E-state index in [0.717, 1.165) is 57.7 Å². The van der Waals surface area contributed by atoms with E-state index >= 15 is 0 Å². The number of carbonyl (C=O) groups excluding carboxylic acids is 1. The van der Waals surface area contributed by atoms with Crippen molar-refractivity contribution in [3.63, 3.8) is 0 Å². The molecule has 2 aliphatic rings. The van der Waals surface area contributed by atoms with Gasteiger partial charge in [0.15, 0.2) is 0 Å². The molecule has 1 amide bonds. The van der Waals surface area contributed by atoms with Crippen LogP contribution in [0, 0.1) is 5.92 Å². The van der Waals surface area contributed by atoms with Crippen LogP contribution in [-0.2, 0) is 11.8 Å². The zero-order chi connectivity index (χ0) is 17.1. The topological polar surface area (TPSA) is 61.7 Å². The molecule has 3 rings (SSSR count). The largest absolute Gasteiger partial charge is 0.369 e. The fourth-order valence-electron chi connectivity index (χ4n) is 3.57. The Kier molecular flexibility index (Phi) is 5.18. The summed E-state index contributed by atoms with van der Waals surface area (Å²) in [6, 6.07) is 1.61. The van der Waals surface area contributed by atoms with E-state index in [1.165, 1.54) is 4.68 Å². The van der Waals surface area contributed by atoms with Gasteiger partial charge in [-0.15, -0.1) is 0 Å². The first-order chi connectivity index (χ1) is 11.5. The molecule has 0 saturated carbocycles. The molecule has 0 aromatic carbocycles. The Labute approximate surface area is 142 Å². The van der Waals surface area contributed by atoms with Crippen molar-refractivity contribution in [3.8, 4) is 0 Å². The van der Waals surface area contributed by atoms with E-state index < -0.39 is 0 Å². The van der Waals surface area contributed by atoms with Gasteiger partial charge in [-0.2, -0.15) is 5.10 Å². The second-order valence-corrected chi connectivity index (χ2v) is 6.94. The van der Waals surface area contributed by atoms with Crippen molar-refractivity contribution >= 4 is 11.6 Å². The van der Waals surface area contributed by atoms with Crippen LogP contribution < -0.4 is 10.5 Å². The summed E-state index contributed by atoms with van der Waals surface area (Å²) < 4.78 is 1.32. The molecule has 132 valence electrons. The monoisotopic (exact) mass is 333 g/mol. The summed E-state index contributed by atoms with van der Waals surface area (Å²) in [7, 11) is 3.75. The van der Waals surface area contributed by atoms with Gasteiger partial charge in [-0.1, -0.05) is 0 Å². The molecular formula is C17H27N5O2. The Morgan fingerprint density at radius 1 is 1.12 bits per heavy atom. The number of rotatable bonds is 2. The van der Waals surface area contributed by atoms with Crippen LogP contribution >= 0.6 is 0 Å². The molecular weight excluding hydrogens is 306 g/mol. The molecule has 7 nitrogen and oxygen atoms in total. The van der Waals surface area contributed by atoms with E-state index in [1.807, 2.05) is 4.90 Å². The first-order valence-electron chi connectivity index (χ1n) is 8.80. The maximum absolute atomic E-state index is 12.9. The zero-order valence-electron chi connectivity index (χ0n) is 14.6. The lowest BCUT2D eigenvalue weighted by Crippen LogP contribution is -2.46. The Morgan fingerprint density at radius 3 is 2.75 bits per heavy atom. The molecule has 2 fully saturated rings. The number of carbonyl (C=O) groups is 1.